The van der Waals surface area contributed by atoms with Crippen LogP contribution in [0.2, 0.25) is 0 Å². The number of rotatable bonds is 0. The molecule has 0 heterocycles. The van der Waals surface area contributed by atoms with Crippen LogP contribution in [0.3, 0.4) is 0 Å². The fourth-order valence-electron chi connectivity index (χ4n) is 1.64. The van der Waals surface area contributed by atoms with Gasteiger partial charge in [0.1, 0.15) is 0 Å². The average Bonchev–Trinajstić information content (AvgIpc) is 2.37. The summed E-state index contributed by atoms with van der Waals surface area (Å²) >= 11 is 0. The lowest BCUT2D eigenvalue weighted by Crippen LogP contribution is -2.24. The molecule has 2 rings (SSSR count). The van der Waals surface area contributed by atoms with E-state index in [1.54, 1.807) is 0 Å². The Morgan fingerprint density at radius 1 is 0.933 bits per heavy atom. The molecular formula is C15H20. The highest BCUT2D eigenvalue weighted by molar-refractivity contribution is 5.48. The molecule has 0 saturated carbocycles. The average molecular weight is 200 g/mol. The van der Waals surface area contributed by atoms with Gasteiger partial charge in [-0.05, 0) is 10.4 Å². The molecule has 1 aromatic rings. The van der Waals surface area contributed by atoms with Crippen molar-refractivity contribution >= 4 is 12.2 Å². The van der Waals surface area contributed by atoms with Crippen LogP contribution in [-0.4, -0.2) is 0 Å². The normalized spacial score (nSPS) is 16.0. The van der Waals surface area contributed by atoms with Gasteiger partial charge in [-0.15, -0.1) is 0 Å². The first kappa shape index (κ1) is 11.8. The van der Waals surface area contributed by atoms with Crippen molar-refractivity contribution < 1.29 is 0 Å². The van der Waals surface area contributed by atoms with Crippen molar-refractivity contribution in [3.05, 3.63) is 46.9 Å². The lowest BCUT2D eigenvalue weighted by atomic mass is 9.92. The van der Waals surface area contributed by atoms with E-state index in [1.165, 1.54) is 10.4 Å². The van der Waals surface area contributed by atoms with Crippen LogP contribution in [0.5, 0.6) is 0 Å². The van der Waals surface area contributed by atoms with E-state index >= 15 is 0 Å². The highest BCUT2D eigenvalue weighted by atomic mass is 14.1. The third kappa shape index (κ3) is 3.09. The van der Waals surface area contributed by atoms with E-state index in [9.17, 15) is 0 Å². The van der Waals surface area contributed by atoms with Gasteiger partial charge in [-0.1, -0.05) is 76.3 Å². The molecule has 1 aliphatic carbocycles. The highest BCUT2D eigenvalue weighted by Crippen LogP contribution is 2.19. The van der Waals surface area contributed by atoms with Gasteiger partial charge in [0, 0.05) is 5.41 Å². The molecule has 0 N–H and O–H groups in total. The Labute approximate surface area is 92.6 Å². The maximum Gasteiger partial charge on any atom is 0.00167 e. The molecule has 0 spiro atoms. The highest BCUT2D eigenvalue weighted by Gasteiger charge is 2.09. The summed E-state index contributed by atoms with van der Waals surface area (Å²) in [5.74, 6) is 0. The van der Waals surface area contributed by atoms with Gasteiger partial charge in [0.15, 0.2) is 0 Å². The van der Waals surface area contributed by atoms with Gasteiger partial charge in [-0.2, -0.15) is 0 Å². The van der Waals surface area contributed by atoms with Gasteiger partial charge >= 0.3 is 0 Å². The quantitative estimate of drug-likeness (QED) is 0.604. The van der Waals surface area contributed by atoms with Gasteiger partial charge in [0.25, 0.3) is 0 Å². The molecule has 0 amide bonds. The fourth-order valence-corrected chi connectivity index (χ4v) is 1.64. The molecule has 1 aliphatic rings. The van der Waals surface area contributed by atoms with Crippen molar-refractivity contribution in [2.75, 3.05) is 0 Å². The third-order valence-electron chi connectivity index (χ3n) is 2.33. The van der Waals surface area contributed by atoms with Gasteiger partial charge in [-0.3, -0.25) is 0 Å². The van der Waals surface area contributed by atoms with E-state index in [0.717, 1.165) is 0 Å². The molecule has 0 nitrogen and oxygen atoms in total. The maximum atomic E-state index is 2.31. The van der Waals surface area contributed by atoms with Crippen molar-refractivity contribution in [2.24, 2.45) is 5.41 Å². The minimum absolute atomic E-state index is 0.170. The molecule has 0 aliphatic heterocycles. The van der Waals surface area contributed by atoms with Crippen LogP contribution < -0.4 is 10.4 Å². The van der Waals surface area contributed by atoms with E-state index < -0.39 is 0 Å². The second kappa shape index (κ2) is 4.97. The minimum Gasteiger partial charge on any atom is -0.0750 e. The molecular weight excluding hydrogens is 180 g/mol. The zero-order valence-corrected chi connectivity index (χ0v) is 10.1. The SMILES string of the molecule is CC.CC1(C)C=CC=c2ccccc2=C1. The van der Waals surface area contributed by atoms with Gasteiger partial charge in [-0.25, -0.2) is 0 Å². The van der Waals surface area contributed by atoms with Crippen LogP contribution in [-0.2, 0) is 0 Å². The predicted molar refractivity (Wildman–Crippen MR) is 68.9 cm³/mol. The summed E-state index contributed by atoms with van der Waals surface area (Å²) in [5.41, 5.74) is 0.170. The number of allylic oxidation sites excluding steroid dienone is 2. The lowest BCUT2D eigenvalue weighted by molar-refractivity contribution is 0.671. The first-order valence-electron chi connectivity index (χ1n) is 5.65. The Bertz CT molecular complexity index is 447. The first-order chi connectivity index (χ1) is 7.17. The number of hydrogen-bond acceptors (Lipinski definition) is 0. The van der Waals surface area contributed by atoms with Crippen molar-refractivity contribution in [3.63, 3.8) is 0 Å². The summed E-state index contributed by atoms with van der Waals surface area (Å²) in [7, 11) is 0. The van der Waals surface area contributed by atoms with Crippen LogP contribution in [0, 0.1) is 5.41 Å². The molecule has 0 saturated heterocycles. The Morgan fingerprint density at radius 2 is 1.53 bits per heavy atom. The van der Waals surface area contributed by atoms with E-state index in [1.807, 2.05) is 13.8 Å². The topological polar surface area (TPSA) is 0 Å². The Hall–Kier alpha value is -1.30. The summed E-state index contributed by atoms with van der Waals surface area (Å²) in [6.07, 6.45) is 8.85. The molecule has 0 atom stereocenters. The maximum absolute atomic E-state index is 2.31. The molecule has 15 heavy (non-hydrogen) atoms. The standard InChI is InChI=1S/C13H14.C2H6/c1-13(2)9-5-8-11-6-3-4-7-12(11)10-13;1-2/h3-10H,1-2H3;1-2H3. The Balaban J connectivity index is 0.000000531. The van der Waals surface area contributed by atoms with Crippen LogP contribution >= 0.6 is 0 Å². The lowest BCUT2D eigenvalue weighted by Gasteiger charge is -2.12. The first-order valence-corrected chi connectivity index (χ1v) is 5.65. The fraction of sp³-hybridized carbons (Fsp3) is 0.333. The molecule has 0 unspecified atom stereocenters. The number of hydrogen-bond donors (Lipinski definition) is 0. The summed E-state index contributed by atoms with van der Waals surface area (Å²) < 4.78 is 0. The molecule has 80 valence electrons. The third-order valence-corrected chi connectivity index (χ3v) is 2.33. The molecule has 0 heteroatoms. The number of benzene rings is 1. The van der Waals surface area contributed by atoms with Crippen LogP contribution in [0.4, 0.5) is 0 Å². The van der Waals surface area contributed by atoms with E-state index in [2.05, 4.69) is 62.4 Å². The van der Waals surface area contributed by atoms with Crippen LogP contribution in [0.15, 0.2) is 36.4 Å². The second-order valence-corrected chi connectivity index (χ2v) is 4.12. The van der Waals surface area contributed by atoms with E-state index in [0.29, 0.717) is 0 Å². The molecule has 0 radical (unpaired) electrons. The summed E-state index contributed by atoms with van der Waals surface area (Å²) in [4.78, 5) is 0. The molecule has 0 aromatic heterocycles. The molecule has 1 aromatic carbocycles. The summed E-state index contributed by atoms with van der Waals surface area (Å²) in [6.45, 7) is 8.44. The smallest absolute Gasteiger partial charge is 0.00167 e. The summed E-state index contributed by atoms with van der Waals surface area (Å²) in [5, 5.41) is 2.64. The Kier molecular flexibility index (Phi) is 3.90. The zero-order valence-electron chi connectivity index (χ0n) is 10.1. The Morgan fingerprint density at radius 3 is 2.20 bits per heavy atom. The van der Waals surface area contributed by atoms with E-state index in [4.69, 9.17) is 0 Å². The monoisotopic (exact) mass is 200 g/mol. The van der Waals surface area contributed by atoms with Crippen LogP contribution in [0.25, 0.3) is 12.2 Å². The van der Waals surface area contributed by atoms with Crippen molar-refractivity contribution in [2.45, 2.75) is 27.7 Å². The van der Waals surface area contributed by atoms with Crippen molar-refractivity contribution in [3.8, 4) is 0 Å². The largest absolute Gasteiger partial charge is 0.0750 e. The number of fused-ring (bicyclic) bond motifs is 1. The minimum atomic E-state index is 0.170. The van der Waals surface area contributed by atoms with Crippen LogP contribution in [0.1, 0.15) is 27.7 Å². The van der Waals surface area contributed by atoms with Gasteiger partial charge in [0.05, 0.1) is 0 Å². The van der Waals surface area contributed by atoms with Crippen molar-refractivity contribution in [1.82, 2.24) is 0 Å². The van der Waals surface area contributed by atoms with Crippen molar-refractivity contribution in [1.29, 1.82) is 0 Å². The zero-order chi connectivity index (χ0) is 11.3. The molecule has 0 fully saturated rings. The van der Waals surface area contributed by atoms with E-state index in [-0.39, 0.29) is 5.41 Å². The predicted octanol–water partition coefficient (Wildman–Crippen LogP) is 2.87. The van der Waals surface area contributed by atoms with Gasteiger partial charge in [0.2, 0.25) is 0 Å². The molecule has 0 bridgehead atoms. The summed E-state index contributed by atoms with van der Waals surface area (Å²) in [6, 6.07) is 8.48. The van der Waals surface area contributed by atoms with Gasteiger partial charge < -0.3 is 0 Å². The second-order valence-electron chi connectivity index (χ2n) is 4.12.